The van der Waals surface area contributed by atoms with Gasteiger partial charge in [0.05, 0.1) is 32.7 Å². The summed E-state index contributed by atoms with van der Waals surface area (Å²) in [7, 11) is 4.11. The number of quaternary nitrogens is 1. The first-order chi connectivity index (χ1) is 14.3. The van der Waals surface area contributed by atoms with Crippen LogP contribution in [-0.2, 0) is 6.54 Å². The van der Waals surface area contributed by atoms with Crippen LogP contribution in [-0.4, -0.2) is 43.1 Å². The first-order valence-electron chi connectivity index (χ1n) is 10.1. The van der Waals surface area contributed by atoms with Gasteiger partial charge in [0.2, 0.25) is 0 Å². The quantitative estimate of drug-likeness (QED) is 0.559. The number of nitrogens with one attached hydrogen (secondary N) is 3. The van der Waals surface area contributed by atoms with E-state index in [-0.39, 0.29) is 24.0 Å². The Morgan fingerprint density at radius 3 is 2.60 bits per heavy atom. The van der Waals surface area contributed by atoms with Gasteiger partial charge in [-0.05, 0) is 48.2 Å². The molecule has 3 rings (SSSR count). The van der Waals surface area contributed by atoms with Gasteiger partial charge in [0.15, 0.2) is 0 Å². The Labute approximate surface area is 175 Å². The molecule has 158 valence electrons. The van der Waals surface area contributed by atoms with Crippen LogP contribution >= 0.6 is 0 Å². The predicted octanol–water partition coefficient (Wildman–Crippen LogP) is 2.54. The molecule has 2 amide bonds. The van der Waals surface area contributed by atoms with Gasteiger partial charge in [-0.25, -0.2) is 9.18 Å². The fourth-order valence-electron chi connectivity index (χ4n) is 3.36. The van der Waals surface area contributed by atoms with Crippen LogP contribution in [0.3, 0.4) is 0 Å². The monoisotopic (exact) mass is 411 g/mol. The van der Waals surface area contributed by atoms with Crippen LogP contribution in [0.5, 0.6) is 0 Å². The van der Waals surface area contributed by atoms with Gasteiger partial charge >= 0.3 is 6.03 Å². The average Bonchev–Trinajstić information content (AvgIpc) is 2.70. The summed E-state index contributed by atoms with van der Waals surface area (Å²) in [5, 5.41) is 3.73. The first kappa shape index (κ1) is 21.5. The van der Waals surface area contributed by atoms with Gasteiger partial charge in [-0.3, -0.25) is 4.79 Å². The number of nitrogens with zero attached hydrogens (tertiary/aromatic N) is 1. The zero-order chi connectivity index (χ0) is 21.7. The van der Waals surface area contributed by atoms with Gasteiger partial charge in [-0.15, -0.1) is 0 Å². The van der Waals surface area contributed by atoms with Crippen LogP contribution in [0, 0.1) is 12.7 Å². The Kier molecular flexibility index (Phi) is 6.84. The molecule has 0 saturated heterocycles. The Bertz CT molecular complexity index is 1080. The summed E-state index contributed by atoms with van der Waals surface area (Å²) in [5.41, 5.74) is 2.64. The zero-order valence-electron chi connectivity index (χ0n) is 17.6. The molecule has 0 aliphatic rings. The lowest BCUT2D eigenvalue weighted by molar-refractivity contribution is -0.858. The molecule has 3 N–H and O–H groups in total. The predicted molar refractivity (Wildman–Crippen MR) is 117 cm³/mol. The minimum absolute atomic E-state index is 0.189. The van der Waals surface area contributed by atoms with E-state index in [9.17, 15) is 14.0 Å². The number of halogens is 1. The SMILES string of the molecule is Cc1cccc2cc(CN(CCC[NH+](C)C)C(=O)Nc3ccc(F)cc3)c(=O)[nH]c12. The highest BCUT2D eigenvalue weighted by molar-refractivity contribution is 5.89. The number of rotatable bonds is 7. The molecule has 2 aromatic carbocycles. The van der Waals surface area contributed by atoms with E-state index in [2.05, 4.69) is 24.4 Å². The topological polar surface area (TPSA) is 69.6 Å². The summed E-state index contributed by atoms with van der Waals surface area (Å²) < 4.78 is 13.1. The summed E-state index contributed by atoms with van der Waals surface area (Å²) in [5.74, 6) is -0.364. The number of amides is 2. The van der Waals surface area contributed by atoms with Gasteiger partial charge in [-0.1, -0.05) is 18.2 Å². The zero-order valence-corrected chi connectivity index (χ0v) is 17.6. The highest BCUT2D eigenvalue weighted by atomic mass is 19.1. The largest absolute Gasteiger partial charge is 0.340 e. The Balaban J connectivity index is 1.83. The maximum absolute atomic E-state index is 13.1. The number of hydrogen-bond donors (Lipinski definition) is 3. The van der Waals surface area contributed by atoms with Crippen molar-refractivity contribution in [1.82, 2.24) is 9.88 Å². The molecular weight excluding hydrogens is 383 g/mol. The normalized spacial score (nSPS) is 11.1. The molecule has 6 nitrogen and oxygen atoms in total. The highest BCUT2D eigenvalue weighted by Crippen LogP contribution is 2.16. The van der Waals surface area contributed by atoms with Crippen molar-refractivity contribution in [2.24, 2.45) is 0 Å². The van der Waals surface area contributed by atoms with E-state index in [0.29, 0.717) is 17.8 Å². The third kappa shape index (κ3) is 5.45. The highest BCUT2D eigenvalue weighted by Gasteiger charge is 2.17. The van der Waals surface area contributed by atoms with Gasteiger partial charge < -0.3 is 20.1 Å². The Hall–Kier alpha value is -3.19. The number of aromatic nitrogens is 1. The number of carbonyl (C=O) groups excluding carboxylic acids is 1. The summed E-state index contributed by atoms with van der Waals surface area (Å²) in [6, 6.07) is 13.0. The minimum Gasteiger partial charge on any atom is -0.340 e. The third-order valence-corrected chi connectivity index (χ3v) is 5.01. The number of anilines is 1. The van der Waals surface area contributed by atoms with Crippen molar-refractivity contribution in [2.75, 3.05) is 32.5 Å². The lowest BCUT2D eigenvalue weighted by Crippen LogP contribution is -3.05. The van der Waals surface area contributed by atoms with Gasteiger partial charge in [0, 0.05) is 24.2 Å². The second-order valence-electron chi connectivity index (χ2n) is 7.83. The molecule has 0 saturated carbocycles. The van der Waals surface area contributed by atoms with Gasteiger partial charge in [0.1, 0.15) is 5.82 Å². The molecular formula is C23H28FN4O2+. The van der Waals surface area contributed by atoms with Crippen molar-refractivity contribution >= 4 is 22.6 Å². The number of carbonyl (C=O) groups is 1. The number of pyridine rings is 1. The fraction of sp³-hybridized carbons (Fsp3) is 0.304. The number of H-pyrrole nitrogens is 1. The molecule has 0 atom stereocenters. The number of fused-ring (bicyclic) bond motifs is 1. The van der Waals surface area contributed by atoms with Gasteiger partial charge in [-0.2, -0.15) is 0 Å². The van der Waals surface area contributed by atoms with E-state index < -0.39 is 0 Å². The lowest BCUT2D eigenvalue weighted by Gasteiger charge is -2.23. The van der Waals surface area contributed by atoms with E-state index >= 15 is 0 Å². The van der Waals surface area contributed by atoms with Crippen molar-refractivity contribution in [3.8, 4) is 0 Å². The minimum atomic E-state index is -0.364. The molecule has 0 fully saturated rings. The summed E-state index contributed by atoms with van der Waals surface area (Å²) in [4.78, 5) is 31.4. The smallest absolute Gasteiger partial charge is 0.322 e. The number of urea groups is 1. The molecule has 1 heterocycles. The maximum atomic E-state index is 13.1. The van der Waals surface area contributed by atoms with E-state index in [1.54, 1.807) is 4.90 Å². The fourth-order valence-corrected chi connectivity index (χ4v) is 3.36. The second-order valence-corrected chi connectivity index (χ2v) is 7.83. The molecule has 3 aromatic rings. The van der Waals surface area contributed by atoms with Crippen LogP contribution in [0.2, 0.25) is 0 Å². The lowest BCUT2D eigenvalue weighted by atomic mass is 10.1. The summed E-state index contributed by atoms with van der Waals surface area (Å²) >= 11 is 0. The number of aryl methyl sites for hydroxylation is 1. The van der Waals surface area contributed by atoms with Crippen molar-refractivity contribution in [3.05, 3.63) is 75.8 Å². The molecule has 0 aliphatic heterocycles. The summed E-state index contributed by atoms with van der Waals surface area (Å²) in [6.45, 7) is 3.54. The van der Waals surface area contributed by atoms with E-state index in [4.69, 9.17) is 0 Å². The van der Waals surface area contributed by atoms with Crippen molar-refractivity contribution in [3.63, 3.8) is 0 Å². The molecule has 0 spiro atoms. The third-order valence-electron chi connectivity index (χ3n) is 5.01. The van der Waals surface area contributed by atoms with Crippen molar-refractivity contribution < 1.29 is 14.1 Å². The molecule has 30 heavy (non-hydrogen) atoms. The molecule has 0 unspecified atom stereocenters. The Morgan fingerprint density at radius 2 is 1.90 bits per heavy atom. The first-order valence-corrected chi connectivity index (χ1v) is 10.1. The van der Waals surface area contributed by atoms with Crippen LogP contribution < -0.4 is 15.8 Å². The van der Waals surface area contributed by atoms with Crippen molar-refractivity contribution in [1.29, 1.82) is 0 Å². The number of benzene rings is 2. The number of hydrogen-bond acceptors (Lipinski definition) is 2. The molecule has 0 aliphatic carbocycles. The van der Waals surface area contributed by atoms with E-state index in [1.165, 1.54) is 29.2 Å². The summed E-state index contributed by atoms with van der Waals surface area (Å²) in [6.07, 6.45) is 0.795. The molecule has 0 radical (unpaired) electrons. The Morgan fingerprint density at radius 1 is 1.17 bits per heavy atom. The number of para-hydroxylation sites is 1. The van der Waals surface area contributed by atoms with E-state index in [1.807, 2.05) is 31.2 Å². The average molecular weight is 412 g/mol. The van der Waals surface area contributed by atoms with Crippen molar-refractivity contribution in [2.45, 2.75) is 19.9 Å². The molecule has 0 bridgehead atoms. The van der Waals surface area contributed by atoms with Crippen LogP contribution in [0.25, 0.3) is 10.9 Å². The van der Waals surface area contributed by atoms with Gasteiger partial charge in [0.25, 0.3) is 5.56 Å². The molecule has 1 aromatic heterocycles. The number of aromatic amines is 1. The van der Waals surface area contributed by atoms with E-state index in [0.717, 1.165) is 29.4 Å². The standard InChI is InChI=1S/C23H27FN4O2/c1-16-6-4-7-17-14-18(22(29)26-21(16)17)15-28(13-5-12-27(2)3)23(30)25-20-10-8-19(24)9-11-20/h4,6-11,14H,5,12-13,15H2,1-3H3,(H,25,30)(H,26,29)/p+1. The maximum Gasteiger partial charge on any atom is 0.322 e. The van der Waals surface area contributed by atoms with Crippen LogP contribution in [0.15, 0.2) is 53.3 Å². The second kappa shape index (κ2) is 9.54. The van der Waals surface area contributed by atoms with Crippen LogP contribution in [0.4, 0.5) is 14.9 Å². The molecule has 7 heteroatoms. The van der Waals surface area contributed by atoms with Crippen LogP contribution in [0.1, 0.15) is 17.5 Å².